The third-order valence-electron chi connectivity index (χ3n) is 3.93. The Kier molecular flexibility index (Phi) is 9.59. The van der Waals surface area contributed by atoms with Crippen LogP contribution >= 0.6 is 0 Å². The number of ether oxygens (including phenoxy) is 1. The monoisotopic (exact) mass is 256 g/mol. The lowest BCUT2D eigenvalue weighted by molar-refractivity contribution is 0.282. The highest BCUT2D eigenvalue weighted by Crippen LogP contribution is 2.31. The van der Waals surface area contributed by atoms with Crippen molar-refractivity contribution < 1.29 is 9.84 Å². The fraction of sp³-hybridized carbons (Fsp3) is 1.00. The molecule has 1 saturated heterocycles. The summed E-state index contributed by atoms with van der Waals surface area (Å²) in [5, 5.41) is 8.67. The molecule has 2 atom stereocenters. The topological polar surface area (TPSA) is 32.8 Å². The van der Waals surface area contributed by atoms with E-state index >= 15 is 0 Å². The lowest BCUT2D eigenvalue weighted by atomic mass is 10.0. The maximum absolute atomic E-state index is 8.67. The number of rotatable bonds is 13. The molecule has 0 bridgehead atoms. The van der Waals surface area contributed by atoms with Crippen molar-refractivity contribution in [3.05, 3.63) is 0 Å². The van der Waals surface area contributed by atoms with Crippen molar-refractivity contribution in [2.75, 3.05) is 6.61 Å². The Morgan fingerprint density at radius 3 is 1.78 bits per heavy atom. The normalized spacial score (nSPS) is 22.3. The lowest BCUT2D eigenvalue weighted by Gasteiger charge is -2.00. The summed E-state index contributed by atoms with van der Waals surface area (Å²) in [5.41, 5.74) is 0. The number of hydrogen-bond donors (Lipinski definition) is 1. The van der Waals surface area contributed by atoms with Gasteiger partial charge in [-0.2, -0.15) is 0 Å². The summed E-state index contributed by atoms with van der Waals surface area (Å²) in [6.07, 6.45) is 16.7. The van der Waals surface area contributed by atoms with E-state index in [2.05, 4.69) is 6.92 Å². The average Bonchev–Trinajstić information content (AvgIpc) is 3.12. The predicted molar refractivity (Wildman–Crippen MR) is 76.8 cm³/mol. The van der Waals surface area contributed by atoms with E-state index in [9.17, 15) is 0 Å². The molecule has 0 radical (unpaired) electrons. The zero-order chi connectivity index (χ0) is 13.1. The molecule has 2 nitrogen and oxygen atoms in total. The number of hydrogen-bond acceptors (Lipinski definition) is 2. The molecule has 1 fully saturated rings. The molecule has 0 spiro atoms. The minimum absolute atomic E-state index is 0.357. The highest BCUT2D eigenvalue weighted by Gasteiger charge is 2.36. The van der Waals surface area contributed by atoms with Gasteiger partial charge in [0, 0.05) is 6.61 Å². The van der Waals surface area contributed by atoms with E-state index in [0.29, 0.717) is 18.8 Å². The number of unbranched alkanes of at least 4 members (excludes halogenated alkanes) is 8. The Bertz CT molecular complexity index is 182. The quantitative estimate of drug-likeness (QED) is 0.390. The number of aliphatic hydroxyl groups is 1. The lowest BCUT2D eigenvalue weighted by Crippen LogP contribution is -1.94. The van der Waals surface area contributed by atoms with E-state index in [-0.39, 0.29) is 0 Å². The minimum Gasteiger partial charge on any atom is -0.396 e. The van der Waals surface area contributed by atoms with E-state index in [4.69, 9.17) is 9.84 Å². The van der Waals surface area contributed by atoms with E-state index in [1.54, 1.807) is 0 Å². The van der Waals surface area contributed by atoms with Crippen molar-refractivity contribution >= 4 is 0 Å². The molecule has 0 aromatic carbocycles. The summed E-state index contributed by atoms with van der Waals surface area (Å²) < 4.78 is 5.71. The van der Waals surface area contributed by atoms with Gasteiger partial charge >= 0.3 is 0 Å². The highest BCUT2D eigenvalue weighted by atomic mass is 16.6. The van der Waals surface area contributed by atoms with Gasteiger partial charge in [0.2, 0.25) is 0 Å². The maximum atomic E-state index is 8.67. The molecule has 0 unspecified atom stereocenters. The predicted octanol–water partition coefficient (Wildman–Crippen LogP) is 4.45. The minimum atomic E-state index is 0.357. The van der Waals surface area contributed by atoms with E-state index in [1.807, 2.05) is 0 Å². The van der Waals surface area contributed by atoms with Crippen LogP contribution < -0.4 is 0 Å². The van der Waals surface area contributed by atoms with Gasteiger partial charge in [-0.15, -0.1) is 0 Å². The van der Waals surface area contributed by atoms with Gasteiger partial charge < -0.3 is 9.84 Å². The average molecular weight is 256 g/mol. The van der Waals surface area contributed by atoms with E-state index < -0.39 is 0 Å². The van der Waals surface area contributed by atoms with Gasteiger partial charge in [-0.05, 0) is 19.3 Å². The van der Waals surface area contributed by atoms with Gasteiger partial charge in [0.15, 0.2) is 0 Å². The first-order valence-corrected chi connectivity index (χ1v) is 8.14. The van der Waals surface area contributed by atoms with Crippen LogP contribution in [0.1, 0.15) is 84.0 Å². The van der Waals surface area contributed by atoms with E-state index in [0.717, 1.165) is 6.42 Å². The van der Waals surface area contributed by atoms with Gasteiger partial charge in [0.25, 0.3) is 0 Å². The Balaban J connectivity index is 1.76. The van der Waals surface area contributed by atoms with Crippen LogP contribution in [0.15, 0.2) is 0 Å². The largest absolute Gasteiger partial charge is 0.396 e. The fourth-order valence-corrected chi connectivity index (χ4v) is 2.62. The zero-order valence-corrected chi connectivity index (χ0v) is 12.2. The van der Waals surface area contributed by atoms with Crippen molar-refractivity contribution in [2.24, 2.45) is 0 Å². The van der Waals surface area contributed by atoms with Crippen LogP contribution in [0, 0.1) is 0 Å². The third-order valence-corrected chi connectivity index (χ3v) is 3.93. The molecule has 0 aromatic rings. The summed E-state index contributed by atoms with van der Waals surface area (Å²) in [7, 11) is 0. The van der Waals surface area contributed by atoms with Gasteiger partial charge in [-0.25, -0.2) is 0 Å². The molecule has 1 heterocycles. The van der Waals surface area contributed by atoms with Crippen molar-refractivity contribution in [2.45, 2.75) is 96.2 Å². The van der Waals surface area contributed by atoms with Crippen LogP contribution in [0.25, 0.3) is 0 Å². The highest BCUT2D eigenvalue weighted by molar-refractivity contribution is 4.84. The molecule has 0 aromatic heterocycles. The van der Waals surface area contributed by atoms with Crippen LogP contribution in [0.2, 0.25) is 0 Å². The second-order valence-electron chi connectivity index (χ2n) is 5.70. The third kappa shape index (κ3) is 8.10. The molecular weight excluding hydrogens is 224 g/mol. The fourth-order valence-electron chi connectivity index (χ4n) is 2.62. The first-order chi connectivity index (χ1) is 8.88. The van der Waals surface area contributed by atoms with Gasteiger partial charge in [-0.1, -0.05) is 64.7 Å². The molecule has 2 heteroatoms. The molecule has 0 aliphatic carbocycles. The Hall–Kier alpha value is -0.0800. The molecule has 1 aliphatic heterocycles. The Morgan fingerprint density at radius 2 is 1.22 bits per heavy atom. The van der Waals surface area contributed by atoms with Gasteiger partial charge in [0.05, 0.1) is 12.2 Å². The Morgan fingerprint density at radius 1 is 0.722 bits per heavy atom. The molecule has 18 heavy (non-hydrogen) atoms. The zero-order valence-electron chi connectivity index (χ0n) is 12.2. The molecule has 1 aliphatic rings. The molecule has 0 amide bonds. The Labute approximate surface area is 113 Å². The summed E-state index contributed by atoms with van der Waals surface area (Å²) in [6.45, 7) is 2.62. The second-order valence-corrected chi connectivity index (χ2v) is 5.70. The van der Waals surface area contributed by atoms with Crippen molar-refractivity contribution in [1.82, 2.24) is 0 Å². The van der Waals surface area contributed by atoms with Gasteiger partial charge in [-0.3, -0.25) is 0 Å². The van der Waals surface area contributed by atoms with Crippen molar-refractivity contribution in [3.63, 3.8) is 0 Å². The van der Waals surface area contributed by atoms with Crippen LogP contribution in [-0.4, -0.2) is 23.9 Å². The second kappa shape index (κ2) is 10.8. The maximum Gasteiger partial charge on any atom is 0.0841 e. The van der Waals surface area contributed by atoms with Crippen LogP contribution in [0.5, 0.6) is 0 Å². The van der Waals surface area contributed by atoms with Crippen molar-refractivity contribution in [1.29, 1.82) is 0 Å². The number of aliphatic hydroxyl groups excluding tert-OH is 1. The van der Waals surface area contributed by atoms with Gasteiger partial charge in [0.1, 0.15) is 0 Å². The summed E-state index contributed by atoms with van der Waals surface area (Å²) in [4.78, 5) is 0. The molecule has 108 valence electrons. The SMILES string of the molecule is CCCCCC[C@H]1O[C@H]1CCCCCCCCO. The van der Waals surface area contributed by atoms with E-state index in [1.165, 1.54) is 70.6 Å². The number of epoxide rings is 1. The van der Waals surface area contributed by atoms with Crippen LogP contribution in [0.4, 0.5) is 0 Å². The van der Waals surface area contributed by atoms with Crippen LogP contribution in [-0.2, 0) is 4.74 Å². The molecule has 1 N–H and O–H groups in total. The molecular formula is C16H32O2. The summed E-state index contributed by atoms with van der Waals surface area (Å²) >= 11 is 0. The molecule has 1 rings (SSSR count). The first-order valence-electron chi connectivity index (χ1n) is 8.14. The smallest absolute Gasteiger partial charge is 0.0841 e. The standard InChI is InChI=1S/C16H32O2/c1-2-3-4-9-12-15-16(18-15)13-10-7-5-6-8-11-14-17/h15-17H,2-14H2,1H3/t15-,16+/m1/s1. The first kappa shape index (κ1) is 16.0. The molecule has 0 saturated carbocycles. The van der Waals surface area contributed by atoms with Crippen molar-refractivity contribution in [3.8, 4) is 0 Å². The summed E-state index contributed by atoms with van der Waals surface area (Å²) in [6, 6.07) is 0. The van der Waals surface area contributed by atoms with Crippen LogP contribution in [0.3, 0.4) is 0 Å². The summed E-state index contributed by atoms with van der Waals surface area (Å²) in [5.74, 6) is 0.